The average Bonchev–Trinajstić information content (AvgIpc) is 3.02. The van der Waals surface area contributed by atoms with E-state index in [1.165, 1.54) is 20.8 Å². The summed E-state index contributed by atoms with van der Waals surface area (Å²) in [5.41, 5.74) is 16.2. The van der Waals surface area contributed by atoms with E-state index in [2.05, 4.69) is 31.9 Å². The number of carboxylic acid groups (broad SMARTS) is 1. The van der Waals surface area contributed by atoms with Crippen LogP contribution in [0.3, 0.4) is 0 Å². The summed E-state index contributed by atoms with van der Waals surface area (Å²) in [6.45, 7) is 10.4. The second kappa shape index (κ2) is 22.9. The minimum Gasteiger partial charge on any atom is -0.480 e. The zero-order valence-corrected chi connectivity index (χ0v) is 31.1. The number of nitrogens with one attached hydrogen (secondary N) is 6. The molecule has 0 radical (unpaired) electrons. The summed E-state index contributed by atoms with van der Waals surface area (Å²) in [5.74, 6) is -10.6. The molecule has 0 aliphatic heterocycles. The Kier molecular flexibility index (Phi) is 20.8. The number of rotatable bonds is 24. The molecule has 15 N–H and O–H groups in total. The summed E-state index contributed by atoms with van der Waals surface area (Å²) in [7, 11) is 0. The predicted molar refractivity (Wildman–Crippen MR) is 187 cm³/mol. The zero-order chi connectivity index (χ0) is 41.3. The number of aliphatic carboxylic acids is 1. The van der Waals surface area contributed by atoms with Crippen LogP contribution >= 0.6 is 0 Å². The number of nitrogens with two attached hydrogens (primary N) is 3. The van der Waals surface area contributed by atoms with Crippen LogP contribution in [0.4, 0.5) is 0 Å². The first kappa shape index (κ1) is 48.1. The molecule has 21 heteroatoms. The molecule has 53 heavy (non-hydrogen) atoms. The number of carboxylic acids is 1. The van der Waals surface area contributed by atoms with Gasteiger partial charge in [0.05, 0.1) is 25.6 Å². The number of carbonyl (C=O) groups excluding carboxylic acids is 8. The first-order chi connectivity index (χ1) is 24.4. The van der Waals surface area contributed by atoms with Crippen LogP contribution in [0, 0.1) is 17.8 Å². The summed E-state index contributed by atoms with van der Waals surface area (Å²) in [6.07, 6.45) is -3.14. The molecule has 0 aliphatic rings. The molecule has 0 bridgehead atoms. The molecular formula is C32H57N9O12. The van der Waals surface area contributed by atoms with E-state index in [9.17, 15) is 58.5 Å². The molecule has 8 amide bonds. The van der Waals surface area contributed by atoms with E-state index in [0.717, 1.165) is 0 Å². The second-order valence-corrected chi connectivity index (χ2v) is 13.9. The molecule has 0 saturated carbocycles. The molecule has 0 aromatic heterocycles. The van der Waals surface area contributed by atoms with Crippen LogP contribution in [0.1, 0.15) is 74.1 Å². The van der Waals surface area contributed by atoms with Gasteiger partial charge in [-0.1, -0.05) is 41.5 Å². The summed E-state index contributed by atoms with van der Waals surface area (Å²) in [6, 6.07) is -10.6. The summed E-state index contributed by atoms with van der Waals surface area (Å²) < 4.78 is 0. The van der Waals surface area contributed by atoms with Crippen LogP contribution in [0.2, 0.25) is 0 Å². The van der Waals surface area contributed by atoms with Crippen LogP contribution in [0.5, 0.6) is 0 Å². The van der Waals surface area contributed by atoms with Crippen molar-refractivity contribution in [1.29, 1.82) is 0 Å². The third-order valence-electron chi connectivity index (χ3n) is 7.58. The lowest BCUT2D eigenvalue weighted by atomic mass is 10.0. The Labute approximate surface area is 307 Å². The van der Waals surface area contributed by atoms with E-state index < -0.39 is 127 Å². The van der Waals surface area contributed by atoms with Gasteiger partial charge < -0.3 is 64.4 Å². The van der Waals surface area contributed by atoms with Gasteiger partial charge in [-0.15, -0.1) is 0 Å². The lowest BCUT2D eigenvalue weighted by Crippen LogP contribution is -2.62. The van der Waals surface area contributed by atoms with Crippen LogP contribution < -0.4 is 49.1 Å². The van der Waals surface area contributed by atoms with Crippen molar-refractivity contribution in [3.8, 4) is 0 Å². The molecule has 0 aromatic rings. The number of hydrogen-bond acceptors (Lipinski definition) is 12. The van der Waals surface area contributed by atoms with Gasteiger partial charge in [0.15, 0.2) is 0 Å². The van der Waals surface area contributed by atoms with Gasteiger partial charge in [-0.25, -0.2) is 4.79 Å². The highest BCUT2D eigenvalue weighted by Gasteiger charge is 2.36. The van der Waals surface area contributed by atoms with Crippen LogP contribution in [-0.2, 0) is 43.2 Å². The quantitative estimate of drug-likeness (QED) is 0.0440. The molecule has 0 fully saturated rings. The van der Waals surface area contributed by atoms with E-state index in [1.54, 1.807) is 27.7 Å². The zero-order valence-electron chi connectivity index (χ0n) is 31.1. The highest BCUT2D eigenvalue weighted by molar-refractivity contribution is 5.99. The second-order valence-electron chi connectivity index (χ2n) is 13.9. The molecule has 0 rings (SSSR count). The van der Waals surface area contributed by atoms with Gasteiger partial charge in [-0.2, -0.15) is 0 Å². The molecule has 302 valence electrons. The third-order valence-corrected chi connectivity index (χ3v) is 7.58. The number of hydrogen-bond donors (Lipinski definition) is 12. The standard InChI is InChI=1S/C32H57N9O12/c1-13(2)8-18(36-26(46)17(33)12-42)27(47)38-21(11-23(35)45)29(49)39-20(10-22(34)44)28(48)37-19(9-14(3)4)30(50)41-25(16(7)43)31(51)40-24(15(5)6)32(52)53/h13-21,24-25,42-43H,8-12,33H2,1-7H3,(H2,34,44)(H2,35,45)(H,36,46)(H,37,48)(H,38,47)(H,39,49)(H,40,51)(H,41,50)(H,52,53)/t16-,17+,18+,19+,20+,21+,24+,25+/m1/s1. The highest BCUT2D eigenvalue weighted by atomic mass is 16.4. The van der Waals surface area contributed by atoms with Gasteiger partial charge in [-0.3, -0.25) is 38.4 Å². The van der Waals surface area contributed by atoms with Crippen molar-refractivity contribution in [3.05, 3.63) is 0 Å². The lowest BCUT2D eigenvalue weighted by Gasteiger charge is -2.28. The van der Waals surface area contributed by atoms with Crippen molar-refractivity contribution in [2.24, 2.45) is 35.0 Å². The number of carbonyl (C=O) groups is 9. The van der Waals surface area contributed by atoms with E-state index in [0.29, 0.717) is 0 Å². The topological polar surface area (TPSA) is 365 Å². The predicted octanol–water partition coefficient (Wildman–Crippen LogP) is -4.82. The van der Waals surface area contributed by atoms with Crippen molar-refractivity contribution in [2.45, 2.75) is 123 Å². The van der Waals surface area contributed by atoms with Crippen molar-refractivity contribution >= 4 is 53.2 Å². The van der Waals surface area contributed by atoms with Gasteiger partial charge in [0.25, 0.3) is 0 Å². The molecule has 21 nitrogen and oxygen atoms in total. The first-order valence-electron chi connectivity index (χ1n) is 17.1. The summed E-state index contributed by atoms with van der Waals surface area (Å²) >= 11 is 0. The van der Waals surface area contributed by atoms with Crippen molar-refractivity contribution < 1.29 is 58.5 Å². The SMILES string of the molecule is CC(C)C[C@H](NC(=O)[C@H](CC(N)=O)NC(=O)[C@H](CC(N)=O)NC(=O)[C@H](CC(C)C)NC(=O)[C@@H](N)CO)C(=O)N[C@H](C(=O)N[C@H](C(=O)O)C(C)C)[C@@H](C)O. The smallest absolute Gasteiger partial charge is 0.326 e. The lowest BCUT2D eigenvalue weighted by molar-refractivity contribution is -0.144. The number of primary amides is 2. The monoisotopic (exact) mass is 759 g/mol. The first-order valence-corrected chi connectivity index (χ1v) is 17.1. The summed E-state index contributed by atoms with van der Waals surface area (Å²) in [4.78, 5) is 114. The van der Waals surface area contributed by atoms with Gasteiger partial charge >= 0.3 is 5.97 Å². The molecule has 0 spiro atoms. The molecular weight excluding hydrogens is 702 g/mol. The minimum absolute atomic E-state index is 0.0437. The van der Waals surface area contributed by atoms with E-state index in [1.807, 2.05) is 0 Å². The van der Waals surface area contributed by atoms with Crippen LogP contribution in [0.15, 0.2) is 0 Å². The fourth-order valence-corrected chi connectivity index (χ4v) is 4.82. The minimum atomic E-state index is -1.78. The number of aliphatic hydroxyl groups is 2. The fraction of sp³-hybridized carbons (Fsp3) is 0.719. The fourth-order valence-electron chi connectivity index (χ4n) is 4.82. The molecule has 0 saturated heterocycles. The maximum atomic E-state index is 13.5. The Hall–Kier alpha value is -4.89. The number of amides is 8. The van der Waals surface area contributed by atoms with Gasteiger partial charge in [0.2, 0.25) is 47.3 Å². The summed E-state index contributed by atoms with van der Waals surface area (Å²) in [5, 5.41) is 42.7. The molecule has 0 aromatic carbocycles. The number of aliphatic hydroxyl groups excluding tert-OH is 2. The maximum absolute atomic E-state index is 13.5. The Morgan fingerprint density at radius 3 is 1.19 bits per heavy atom. The highest BCUT2D eigenvalue weighted by Crippen LogP contribution is 2.10. The van der Waals surface area contributed by atoms with Crippen LogP contribution in [0.25, 0.3) is 0 Å². The van der Waals surface area contributed by atoms with Gasteiger partial charge in [0, 0.05) is 0 Å². The molecule has 0 aliphatic carbocycles. The Bertz CT molecular complexity index is 1320. The Morgan fingerprint density at radius 1 is 0.528 bits per heavy atom. The van der Waals surface area contributed by atoms with E-state index in [-0.39, 0.29) is 24.7 Å². The van der Waals surface area contributed by atoms with Crippen molar-refractivity contribution in [3.63, 3.8) is 0 Å². The van der Waals surface area contributed by atoms with Gasteiger partial charge in [-0.05, 0) is 37.5 Å². The molecule has 8 atom stereocenters. The maximum Gasteiger partial charge on any atom is 0.326 e. The largest absolute Gasteiger partial charge is 0.480 e. The van der Waals surface area contributed by atoms with Crippen molar-refractivity contribution in [1.82, 2.24) is 31.9 Å². The van der Waals surface area contributed by atoms with Crippen molar-refractivity contribution in [2.75, 3.05) is 6.61 Å². The molecule has 0 heterocycles. The Morgan fingerprint density at radius 2 is 0.868 bits per heavy atom. The third kappa shape index (κ3) is 17.9. The van der Waals surface area contributed by atoms with E-state index in [4.69, 9.17) is 17.2 Å². The Balaban J connectivity index is 6.30. The normalized spacial score (nSPS) is 15.8. The van der Waals surface area contributed by atoms with Gasteiger partial charge in [0.1, 0.15) is 42.3 Å². The average molecular weight is 760 g/mol. The van der Waals surface area contributed by atoms with Crippen LogP contribution in [-0.4, -0.2) is 124 Å². The van der Waals surface area contributed by atoms with E-state index >= 15 is 0 Å². The molecule has 0 unspecified atom stereocenters.